The number of hydrogen-bond acceptors (Lipinski definition) is 2. The molecule has 0 radical (unpaired) electrons. The summed E-state index contributed by atoms with van der Waals surface area (Å²) in [6, 6.07) is 10.7. The number of aromatic nitrogens is 1. The van der Waals surface area contributed by atoms with Crippen LogP contribution in [0.25, 0.3) is 0 Å². The normalized spacial score (nSPS) is 10.5. The summed E-state index contributed by atoms with van der Waals surface area (Å²) in [5.74, 6) is 0.991. The van der Waals surface area contributed by atoms with Gasteiger partial charge in [-0.15, -0.1) is 11.8 Å². The highest BCUT2D eigenvalue weighted by Crippen LogP contribution is 2.25. The molecule has 0 aliphatic carbocycles. The van der Waals surface area contributed by atoms with E-state index in [-0.39, 0.29) is 0 Å². The number of aryl methyl sites for hydroxylation is 3. The number of hydrogen-bond donors (Lipinski definition) is 0. The molecule has 17 heavy (non-hydrogen) atoms. The van der Waals surface area contributed by atoms with Gasteiger partial charge in [0.15, 0.2) is 0 Å². The van der Waals surface area contributed by atoms with Crippen LogP contribution in [0.5, 0.6) is 0 Å². The van der Waals surface area contributed by atoms with Gasteiger partial charge in [0.1, 0.15) is 0 Å². The van der Waals surface area contributed by atoms with E-state index in [4.69, 9.17) is 0 Å². The van der Waals surface area contributed by atoms with Crippen LogP contribution in [0, 0.1) is 20.8 Å². The van der Waals surface area contributed by atoms with Crippen molar-refractivity contribution in [3.8, 4) is 0 Å². The average Bonchev–Trinajstić information content (AvgIpc) is 2.32. The molecule has 0 bridgehead atoms. The molecule has 88 valence electrons. The summed E-state index contributed by atoms with van der Waals surface area (Å²) in [6.07, 6.45) is 1.86. The maximum atomic E-state index is 4.41. The largest absolute Gasteiger partial charge is 0.250 e. The molecule has 0 aliphatic heterocycles. The van der Waals surface area contributed by atoms with Gasteiger partial charge in [-0.1, -0.05) is 29.8 Å². The Morgan fingerprint density at radius 1 is 1.06 bits per heavy atom. The lowest BCUT2D eigenvalue weighted by molar-refractivity contribution is 1.08. The molecule has 1 aromatic heterocycles. The summed E-state index contributed by atoms with van der Waals surface area (Å²) in [5, 5.41) is 1.13. The zero-order valence-corrected chi connectivity index (χ0v) is 11.3. The molecule has 0 unspecified atom stereocenters. The Balaban J connectivity index is 2.12. The molecule has 2 rings (SSSR count). The molecule has 0 amide bonds. The Hall–Kier alpha value is -1.28. The van der Waals surface area contributed by atoms with Crippen LogP contribution in [-0.4, -0.2) is 4.98 Å². The van der Waals surface area contributed by atoms with Gasteiger partial charge in [0, 0.05) is 11.9 Å². The predicted molar refractivity (Wildman–Crippen MR) is 74.5 cm³/mol. The van der Waals surface area contributed by atoms with E-state index in [9.17, 15) is 0 Å². The lowest BCUT2D eigenvalue weighted by atomic mass is 10.1. The van der Waals surface area contributed by atoms with Crippen LogP contribution in [0.2, 0.25) is 0 Å². The molecular formula is C15H17NS. The zero-order chi connectivity index (χ0) is 12.3. The first-order valence-corrected chi connectivity index (χ1v) is 6.76. The number of nitrogens with zero attached hydrogens (tertiary/aromatic N) is 1. The minimum Gasteiger partial charge on any atom is -0.250 e. The van der Waals surface area contributed by atoms with Crippen LogP contribution in [0.15, 0.2) is 41.6 Å². The molecular weight excluding hydrogens is 226 g/mol. The number of benzene rings is 1. The fraction of sp³-hybridized carbons (Fsp3) is 0.267. The van der Waals surface area contributed by atoms with Crippen LogP contribution in [-0.2, 0) is 5.75 Å². The van der Waals surface area contributed by atoms with E-state index in [1.165, 1.54) is 22.3 Å². The van der Waals surface area contributed by atoms with Gasteiger partial charge < -0.3 is 0 Å². The molecule has 1 aromatic carbocycles. The van der Waals surface area contributed by atoms with E-state index in [2.05, 4.69) is 50.0 Å². The van der Waals surface area contributed by atoms with E-state index in [0.717, 1.165) is 10.8 Å². The maximum Gasteiger partial charge on any atom is 0.0992 e. The Kier molecular flexibility index (Phi) is 3.85. The molecule has 0 fully saturated rings. The summed E-state index contributed by atoms with van der Waals surface area (Å²) in [5.41, 5.74) is 5.34. The van der Waals surface area contributed by atoms with Crippen LogP contribution < -0.4 is 0 Å². The topological polar surface area (TPSA) is 12.9 Å². The molecule has 0 aliphatic rings. The van der Waals surface area contributed by atoms with Crippen LogP contribution in [0.1, 0.15) is 22.3 Å². The molecule has 1 heterocycles. The molecule has 2 aromatic rings. The monoisotopic (exact) mass is 243 g/mol. The third kappa shape index (κ3) is 3.10. The number of thioether (sulfide) groups is 1. The lowest BCUT2D eigenvalue weighted by Crippen LogP contribution is -1.90. The standard InChI is InChI=1S/C15H17NS/c1-11-6-7-12(2)14(9-11)10-17-15-13(3)5-4-8-16-15/h4-9H,10H2,1-3H3. The number of rotatable bonds is 3. The van der Waals surface area contributed by atoms with Crippen molar-refractivity contribution in [1.82, 2.24) is 4.98 Å². The Labute approximate surface area is 107 Å². The maximum absolute atomic E-state index is 4.41. The van der Waals surface area contributed by atoms with Gasteiger partial charge in [0.05, 0.1) is 5.03 Å². The highest BCUT2D eigenvalue weighted by Gasteiger charge is 2.03. The highest BCUT2D eigenvalue weighted by atomic mass is 32.2. The van der Waals surface area contributed by atoms with Crippen molar-refractivity contribution < 1.29 is 0 Å². The molecule has 0 spiro atoms. The second-order valence-electron chi connectivity index (χ2n) is 4.34. The second-order valence-corrected chi connectivity index (χ2v) is 5.31. The third-order valence-corrected chi connectivity index (χ3v) is 3.99. The lowest BCUT2D eigenvalue weighted by Gasteiger charge is -2.07. The van der Waals surface area contributed by atoms with Gasteiger partial charge in [-0.2, -0.15) is 0 Å². The third-order valence-electron chi connectivity index (χ3n) is 2.83. The van der Waals surface area contributed by atoms with E-state index in [1.807, 2.05) is 24.0 Å². The smallest absolute Gasteiger partial charge is 0.0992 e. The average molecular weight is 243 g/mol. The summed E-state index contributed by atoms with van der Waals surface area (Å²) >= 11 is 1.81. The van der Waals surface area contributed by atoms with Crippen molar-refractivity contribution in [1.29, 1.82) is 0 Å². The van der Waals surface area contributed by atoms with Gasteiger partial charge >= 0.3 is 0 Å². The summed E-state index contributed by atoms with van der Waals surface area (Å²) in [4.78, 5) is 4.41. The van der Waals surface area contributed by atoms with Crippen molar-refractivity contribution in [2.45, 2.75) is 31.6 Å². The van der Waals surface area contributed by atoms with Gasteiger partial charge in [0.2, 0.25) is 0 Å². The Bertz CT molecular complexity index is 520. The first-order chi connectivity index (χ1) is 8.16. The first-order valence-electron chi connectivity index (χ1n) is 5.77. The zero-order valence-electron chi connectivity index (χ0n) is 10.5. The van der Waals surface area contributed by atoms with Gasteiger partial charge in [0.25, 0.3) is 0 Å². The molecule has 1 nitrogen and oxygen atoms in total. The van der Waals surface area contributed by atoms with Crippen molar-refractivity contribution in [2.75, 3.05) is 0 Å². The molecule has 2 heteroatoms. The van der Waals surface area contributed by atoms with Crippen molar-refractivity contribution in [3.63, 3.8) is 0 Å². The van der Waals surface area contributed by atoms with E-state index < -0.39 is 0 Å². The predicted octanol–water partition coefficient (Wildman–Crippen LogP) is 4.30. The van der Waals surface area contributed by atoms with Crippen molar-refractivity contribution in [3.05, 3.63) is 58.8 Å². The molecule has 0 saturated carbocycles. The number of pyridine rings is 1. The van der Waals surface area contributed by atoms with E-state index in [1.54, 1.807) is 0 Å². The van der Waals surface area contributed by atoms with Gasteiger partial charge in [-0.3, -0.25) is 0 Å². The minimum absolute atomic E-state index is 0.991. The Morgan fingerprint density at radius 2 is 1.88 bits per heavy atom. The van der Waals surface area contributed by atoms with Gasteiger partial charge in [-0.05, 0) is 43.5 Å². The molecule has 0 saturated heterocycles. The quantitative estimate of drug-likeness (QED) is 0.745. The summed E-state index contributed by atoms with van der Waals surface area (Å²) in [7, 11) is 0. The minimum atomic E-state index is 0.991. The Morgan fingerprint density at radius 3 is 2.65 bits per heavy atom. The van der Waals surface area contributed by atoms with Crippen molar-refractivity contribution >= 4 is 11.8 Å². The fourth-order valence-corrected chi connectivity index (χ4v) is 2.76. The first kappa shape index (κ1) is 12.2. The van der Waals surface area contributed by atoms with Gasteiger partial charge in [-0.25, -0.2) is 4.98 Å². The summed E-state index contributed by atoms with van der Waals surface area (Å²) in [6.45, 7) is 6.42. The fourth-order valence-electron chi connectivity index (χ4n) is 1.72. The van der Waals surface area contributed by atoms with Crippen molar-refractivity contribution in [2.24, 2.45) is 0 Å². The summed E-state index contributed by atoms with van der Waals surface area (Å²) < 4.78 is 0. The van der Waals surface area contributed by atoms with Crippen LogP contribution in [0.3, 0.4) is 0 Å². The molecule has 0 N–H and O–H groups in total. The second kappa shape index (κ2) is 5.37. The van der Waals surface area contributed by atoms with Crippen LogP contribution >= 0.6 is 11.8 Å². The molecule has 0 atom stereocenters. The van der Waals surface area contributed by atoms with Crippen LogP contribution in [0.4, 0.5) is 0 Å². The van der Waals surface area contributed by atoms with E-state index >= 15 is 0 Å². The van der Waals surface area contributed by atoms with E-state index in [0.29, 0.717) is 0 Å². The SMILES string of the molecule is Cc1ccc(C)c(CSc2ncccc2C)c1. The highest BCUT2D eigenvalue weighted by molar-refractivity contribution is 7.98.